The SMILES string of the molecule is CCNC(=NCc1ccc(C(=O)NC)cc1)NC1CCN(C2CCCC2)C1.I. The topological polar surface area (TPSA) is 68.8 Å². The van der Waals surface area contributed by atoms with Crippen LogP contribution in [-0.4, -0.2) is 55.5 Å². The van der Waals surface area contributed by atoms with Gasteiger partial charge in [0.1, 0.15) is 0 Å². The molecular formula is C21H34IN5O. The van der Waals surface area contributed by atoms with Crippen LogP contribution in [0.15, 0.2) is 29.3 Å². The Morgan fingerprint density at radius 2 is 1.89 bits per heavy atom. The number of rotatable bonds is 6. The van der Waals surface area contributed by atoms with Gasteiger partial charge in [-0.2, -0.15) is 0 Å². The van der Waals surface area contributed by atoms with Gasteiger partial charge in [0.2, 0.25) is 0 Å². The Kier molecular flexibility index (Phi) is 9.50. The maximum atomic E-state index is 11.6. The van der Waals surface area contributed by atoms with E-state index in [1.807, 2.05) is 24.3 Å². The van der Waals surface area contributed by atoms with Crippen LogP contribution in [-0.2, 0) is 6.54 Å². The Balaban J connectivity index is 0.00000280. The van der Waals surface area contributed by atoms with Gasteiger partial charge in [0.15, 0.2) is 5.96 Å². The lowest BCUT2D eigenvalue weighted by molar-refractivity contribution is 0.0963. The van der Waals surface area contributed by atoms with Gasteiger partial charge in [-0.15, -0.1) is 24.0 Å². The zero-order chi connectivity index (χ0) is 19.1. The fourth-order valence-electron chi connectivity index (χ4n) is 4.10. The molecule has 156 valence electrons. The molecule has 0 spiro atoms. The molecule has 2 aliphatic rings. The van der Waals surface area contributed by atoms with Crippen molar-refractivity contribution in [1.29, 1.82) is 0 Å². The minimum atomic E-state index is -0.0619. The number of nitrogens with one attached hydrogen (secondary N) is 3. The number of nitrogens with zero attached hydrogens (tertiary/aromatic N) is 2. The van der Waals surface area contributed by atoms with Gasteiger partial charge in [-0.05, 0) is 43.9 Å². The highest BCUT2D eigenvalue weighted by molar-refractivity contribution is 14.0. The maximum Gasteiger partial charge on any atom is 0.251 e. The number of guanidine groups is 1. The summed E-state index contributed by atoms with van der Waals surface area (Å²) in [6.45, 7) is 5.86. The second kappa shape index (κ2) is 11.6. The van der Waals surface area contributed by atoms with Gasteiger partial charge in [-0.25, -0.2) is 4.99 Å². The second-order valence-electron chi connectivity index (χ2n) is 7.53. The predicted molar refractivity (Wildman–Crippen MR) is 125 cm³/mol. The molecule has 6 nitrogen and oxygen atoms in total. The van der Waals surface area contributed by atoms with Crippen molar-refractivity contribution in [2.75, 3.05) is 26.7 Å². The first-order valence-corrected chi connectivity index (χ1v) is 10.3. The van der Waals surface area contributed by atoms with E-state index in [4.69, 9.17) is 4.99 Å². The fourth-order valence-corrected chi connectivity index (χ4v) is 4.10. The van der Waals surface area contributed by atoms with E-state index in [-0.39, 0.29) is 29.9 Å². The molecule has 1 heterocycles. The van der Waals surface area contributed by atoms with Gasteiger partial charge in [-0.3, -0.25) is 9.69 Å². The highest BCUT2D eigenvalue weighted by Gasteiger charge is 2.30. The molecule has 7 heteroatoms. The van der Waals surface area contributed by atoms with E-state index in [1.165, 1.54) is 38.6 Å². The molecule has 1 aromatic carbocycles. The molecule has 1 aromatic rings. The van der Waals surface area contributed by atoms with E-state index in [0.717, 1.165) is 30.7 Å². The van der Waals surface area contributed by atoms with E-state index in [0.29, 0.717) is 18.2 Å². The lowest BCUT2D eigenvalue weighted by Gasteiger charge is -2.24. The van der Waals surface area contributed by atoms with Crippen molar-refractivity contribution < 1.29 is 4.79 Å². The van der Waals surface area contributed by atoms with Crippen LogP contribution in [0, 0.1) is 0 Å². The summed E-state index contributed by atoms with van der Waals surface area (Å²) in [5.74, 6) is 0.819. The number of carbonyl (C=O) groups is 1. The number of benzene rings is 1. The summed E-state index contributed by atoms with van der Waals surface area (Å²) < 4.78 is 0. The number of hydrogen-bond donors (Lipinski definition) is 3. The summed E-state index contributed by atoms with van der Waals surface area (Å²) >= 11 is 0. The monoisotopic (exact) mass is 499 g/mol. The number of aliphatic imine (C=N–C) groups is 1. The smallest absolute Gasteiger partial charge is 0.251 e. The molecule has 1 atom stereocenters. The molecule has 0 aromatic heterocycles. The summed E-state index contributed by atoms with van der Waals surface area (Å²) in [5, 5.41) is 9.61. The van der Waals surface area contributed by atoms with Crippen molar-refractivity contribution in [1.82, 2.24) is 20.9 Å². The molecular weight excluding hydrogens is 465 g/mol. The Bertz CT molecular complexity index is 643. The minimum Gasteiger partial charge on any atom is -0.357 e. The van der Waals surface area contributed by atoms with Crippen LogP contribution >= 0.6 is 24.0 Å². The van der Waals surface area contributed by atoms with E-state index in [9.17, 15) is 4.79 Å². The van der Waals surface area contributed by atoms with Crippen molar-refractivity contribution in [2.45, 2.75) is 57.7 Å². The van der Waals surface area contributed by atoms with Crippen LogP contribution in [0.5, 0.6) is 0 Å². The summed E-state index contributed by atoms with van der Waals surface area (Å²) in [7, 11) is 1.64. The average molecular weight is 499 g/mol. The van der Waals surface area contributed by atoms with Crippen LogP contribution in [0.4, 0.5) is 0 Å². The first-order valence-electron chi connectivity index (χ1n) is 10.3. The molecule has 0 radical (unpaired) electrons. The third kappa shape index (κ3) is 6.34. The summed E-state index contributed by atoms with van der Waals surface area (Å²) in [5.41, 5.74) is 1.77. The first-order chi connectivity index (χ1) is 13.2. The summed E-state index contributed by atoms with van der Waals surface area (Å²) in [4.78, 5) is 19.0. The van der Waals surface area contributed by atoms with Crippen LogP contribution < -0.4 is 16.0 Å². The zero-order valence-corrected chi connectivity index (χ0v) is 19.4. The van der Waals surface area contributed by atoms with Crippen molar-refractivity contribution in [3.63, 3.8) is 0 Å². The van der Waals surface area contributed by atoms with Gasteiger partial charge in [0.05, 0.1) is 6.54 Å². The molecule has 28 heavy (non-hydrogen) atoms. The average Bonchev–Trinajstić information content (AvgIpc) is 3.38. The van der Waals surface area contributed by atoms with Gasteiger partial charge < -0.3 is 16.0 Å². The number of halogens is 1. The third-order valence-electron chi connectivity index (χ3n) is 5.61. The summed E-state index contributed by atoms with van der Waals surface area (Å²) in [6, 6.07) is 8.90. The van der Waals surface area contributed by atoms with Gasteiger partial charge in [-0.1, -0.05) is 25.0 Å². The highest BCUT2D eigenvalue weighted by atomic mass is 127. The number of likely N-dealkylation sites (tertiary alicyclic amines) is 1. The second-order valence-corrected chi connectivity index (χ2v) is 7.53. The van der Waals surface area contributed by atoms with E-state index < -0.39 is 0 Å². The van der Waals surface area contributed by atoms with Crippen LogP contribution in [0.25, 0.3) is 0 Å². The van der Waals surface area contributed by atoms with Crippen molar-refractivity contribution >= 4 is 35.8 Å². The summed E-state index contributed by atoms with van der Waals surface area (Å²) in [6.07, 6.45) is 6.70. The molecule has 1 amide bonds. The molecule has 3 N–H and O–H groups in total. The number of carbonyl (C=O) groups excluding carboxylic acids is 1. The van der Waals surface area contributed by atoms with Gasteiger partial charge in [0.25, 0.3) is 5.91 Å². The standard InChI is InChI=1S/C21H33N5O.HI/c1-3-23-21(24-14-16-8-10-17(11-9-16)20(27)22-2)25-18-12-13-26(15-18)19-6-4-5-7-19;/h8-11,18-19H,3-7,12-15H2,1-2H3,(H,22,27)(H2,23,24,25);1H. The fraction of sp³-hybridized carbons (Fsp3) is 0.619. The van der Waals surface area contributed by atoms with Crippen LogP contribution in [0.1, 0.15) is 54.9 Å². The molecule has 1 saturated carbocycles. The van der Waals surface area contributed by atoms with Crippen molar-refractivity contribution in [3.8, 4) is 0 Å². The molecule has 3 rings (SSSR count). The lowest BCUT2D eigenvalue weighted by atomic mass is 10.1. The van der Waals surface area contributed by atoms with Crippen molar-refractivity contribution in [2.24, 2.45) is 4.99 Å². The largest absolute Gasteiger partial charge is 0.357 e. The first kappa shape index (κ1) is 22.9. The molecule has 2 fully saturated rings. The third-order valence-corrected chi connectivity index (χ3v) is 5.61. The lowest BCUT2D eigenvalue weighted by Crippen LogP contribution is -2.45. The molecule has 1 unspecified atom stereocenters. The van der Waals surface area contributed by atoms with Gasteiger partial charge >= 0.3 is 0 Å². The zero-order valence-electron chi connectivity index (χ0n) is 17.0. The van der Waals surface area contributed by atoms with Crippen molar-refractivity contribution in [3.05, 3.63) is 35.4 Å². The Morgan fingerprint density at radius 3 is 2.54 bits per heavy atom. The Morgan fingerprint density at radius 1 is 1.18 bits per heavy atom. The van der Waals surface area contributed by atoms with E-state index in [2.05, 4.69) is 27.8 Å². The normalized spacial score (nSPS) is 20.6. The molecule has 1 aliphatic heterocycles. The number of hydrogen-bond acceptors (Lipinski definition) is 3. The van der Waals surface area contributed by atoms with Crippen LogP contribution in [0.2, 0.25) is 0 Å². The van der Waals surface area contributed by atoms with E-state index >= 15 is 0 Å². The maximum absolute atomic E-state index is 11.6. The Hall–Kier alpha value is -1.35. The van der Waals surface area contributed by atoms with E-state index in [1.54, 1.807) is 7.05 Å². The Labute approximate surface area is 186 Å². The highest BCUT2D eigenvalue weighted by Crippen LogP contribution is 2.26. The molecule has 0 bridgehead atoms. The van der Waals surface area contributed by atoms with Crippen LogP contribution in [0.3, 0.4) is 0 Å². The minimum absolute atomic E-state index is 0. The number of amides is 1. The predicted octanol–water partition coefficient (Wildman–Crippen LogP) is 2.74. The quantitative estimate of drug-likeness (QED) is 0.320. The van der Waals surface area contributed by atoms with Gasteiger partial charge in [0, 0.05) is 44.3 Å². The molecule has 1 saturated heterocycles. The molecule has 1 aliphatic carbocycles.